The van der Waals surface area contributed by atoms with Gasteiger partial charge in [-0.2, -0.15) is 0 Å². The number of hydrogen-bond donors (Lipinski definition) is 2. The van der Waals surface area contributed by atoms with Crippen molar-refractivity contribution in [2.24, 2.45) is 0 Å². The maximum absolute atomic E-state index is 12.4. The first kappa shape index (κ1) is 16.3. The zero-order valence-corrected chi connectivity index (χ0v) is 14.1. The molecular weight excluding hydrogens is 350 g/mol. The number of methoxy groups -OCH3 is 1. The van der Waals surface area contributed by atoms with Gasteiger partial charge in [0.15, 0.2) is 0 Å². The summed E-state index contributed by atoms with van der Waals surface area (Å²) in [5.41, 5.74) is 0.369. The minimum Gasteiger partial charge on any atom is -0.497 e. The standard InChI is InChI=1S/C16H13NO5S2/c1-22-12-3-5-13(6-4-12)24(20,21)17-11-2-7-14-10(8-11)9-15(23-14)16(18)19/h2-9,17H,1H3,(H,18,19). The van der Waals surface area contributed by atoms with Crippen LogP contribution in [0, 0.1) is 0 Å². The second-order valence-corrected chi connectivity index (χ2v) is 7.72. The highest BCUT2D eigenvalue weighted by atomic mass is 32.2. The van der Waals surface area contributed by atoms with E-state index < -0.39 is 16.0 Å². The smallest absolute Gasteiger partial charge is 0.345 e. The van der Waals surface area contributed by atoms with E-state index in [9.17, 15) is 13.2 Å². The van der Waals surface area contributed by atoms with Crippen LogP contribution in [0.4, 0.5) is 5.69 Å². The van der Waals surface area contributed by atoms with Crippen LogP contribution in [0.5, 0.6) is 5.75 Å². The van der Waals surface area contributed by atoms with Crippen molar-refractivity contribution in [2.45, 2.75) is 4.90 Å². The summed E-state index contributed by atoms with van der Waals surface area (Å²) < 4.78 is 33.1. The number of carboxylic acid groups (broad SMARTS) is 1. The number of fused-ring (bicyclic) bond motifs is 1. The summed E-state index contributed by atoms with van der Waals surface area (Å²) in [4.78, 5) is 11.3. The quantitative estimate of drug-likeness (QED) is 0.725. The zero-order chi connectivity index (χ0) is 17.3. The summed E-state index contributed by atoms with van der Waals surface area (Å²) in [6.07, 6.45) is 0. The highest BCUT2D eigenvalue weighted by molar-refractivity contribution is 7.92. The Morgan fingerprint density at radius 1 is 1.12 bits per heavy atom. The fourth-order valence-electron chi connectivity index (χ4n) is 2.18. The Morgan fingerprint density at radius 3 is 2.46 bits per heavy atom. The van der Waals surface area contributed by atoms with Crippen molar-refractivity contribution < 1.29 is 23.1 Å². The molecule has 0 unspecified atom stereocenters. The van der Waals surface area contributed by atoms with Gasteiger partial charge in [0.1, 0.15) is 10.6 Å². The average Bonchev–Trinajstić information content (AvgIpc) is 2.98. The van der Waals surface area contributed by atoms with E-state index in [0.717, 1.165) is 16.0 Å². The molecule has 124 valence electrons. The molecule has 0 amide bonds. The Kier molecular flexibility index (Phi) is 4.16. The predicted octanol–water partition coefficient (Wildman–Crippen LogP) is 3.41. The third kappa shape index (κ3) is 3.19. The van der Waals surface area contributed by atoms with Gasteiger partial charge in [0.2, 0.25) is 0 Å². The van der Waals surface area contributed by atoms with Crippen molar-refractivity contribution in [3.05, 3.63) is 53.4 Å². The van der Waals surface area contributed by atoms with Gasteiger partial charge in [0.25, 0.3) is 10.0 Å². The van der Waals surface area contributed by atoms with Gasteiger partial charge < -0.3 is 9.84 Å². The molecule has 24 heavy (non-hydrogen) atoms. The number of nitrogens with one attached hydrogen (secondary N) is 1. The lowest BCUT2D eigenvalue weighted by Crippen LogP contribution is -2.12. The molecule has 2 N–H and O–H groups in total. The van der Waals surface area contributed by atoms with Crippen molar-refractivity contribution in [3.63, 3.8) is 0 Å². The predicted molar refractivity (Wildman–Crippen MR) is 92.6 cm³/mol. The average molecular weight is 363 g/mol. The molecule has 0 atom stereocenters. The van der Waals surface area contributed by atoms with Crippen LogP contribution in [0.3, 0.4) is 0 Å². The monoisotopic (exact) mass is 363 g/mol. The second kappa shape index (κ2) is 6.14. The maximum Gasteiger partial charge on any atom is 0.345 e. The molecule has 1 aromatic heterocycles. The van der Waals surface area contributed by atoms with Crippen molar-refractivity contribution >= 4 is 43.1 Å². The zero-order valence-electron chi connectivity index (χ0n) is 12.5. The van der Waals surface area contributed by atoms with Crippen molar-refractivity contribution in [2.75, 3.05) is 11.8 Å². The number of rotatable bonds is 5. The lowest BCUT2D eigenvalue weighted by atomic mass is 10.2. The van der Waals surface area contributed by atoms with Gasteiger partial charge in [-0.05, 0) is 53.9 Å². The summed E-state index contributed by atoms with van der Waals surface area (Å²) in [5.74, 6) is -0.439. The number of aromatic carboxylic acids is 1. The fraction of sp³-hybridized carbons (Fsp3) is 0.0625. The van der Waals surface area contributed by atoms with Crippen LogP contribution in [-0.2, 0) is 10.0 Å². The number of benzene rings is 2. The lowest BCUT2D eigenvalue weighted by Gasteiger charge is -2.09. The molecule has 0 fully saturated rings. The van der Waals surface area contributed by atoms with Crippen molar-refractivity contribution in [1.82, 2.24) is 0 Å². The van der Waals surface area contributed by atoms with Crippen LogP contribution in [0.1, 0.15) is 9.67 Å². The first-order valence-electron chi connectivity index (χ1n) is 6.83. The molecule has 0 bridgehead atoms. The van der Waals surface area contributed by atoms with E-state index in [4.69, 9.17) is 9.84 Å². The molecule has 0 aliphatic carbocycles. The normalized spacial score (nSPS) is 11.4. The summed E-state index contributed by atoms with van der Waals surface area (Å²) in [7, 11) is -2.23. The Labute approximate surface area is 142 Å². The van der Waals surface area contributed by atoms with E-state index in [-0.39, 0.29) is 9.77 Å². The fourth-order valence-corrected chi connectivity index (χ4v) is 4.11. The summed E-state index contributed by atoms with van der Waals surface area (Å²) in [6, 6.07) is 12.5. The highest BCUT2D eigenvalue weighted by Gasteiger charge is 2.15. The Morgan fingerprint density at radius 2 is 1.83 bits per heavy atom. The number of carboxylic acids is 1. The van der Waals surface area contributed by atoms with Crippen LogP contribution >= 0.6 is 11.3 Å². The number of carbonyl (C=O) groups is 1. The summed E-state index contributed by atoms with van der Waals surface area (Å²) in [5, 5.41) is 9.70. The van der Waals surface area contributed by atoms with Gasteiger partial charge in [-0.3, -0.25) is 4.72 Å². The van der Waals surface area contributed by atoms with Crippen LogP contribution in [0.2, 0.25) is 0 Å². The molecule has 0 saturated carbocycles. The van der Waals surface area contributed by atoms with Crippen molar-refractivity contribution in [3.8, 4) is 5.75 Å². The number of ether oxygens (including phenoxy) is 1. The molecular formula is C16H13NO5S2. The largest absolute Gasteiger partial charge is 0.497 e. The van der Waals surface area contributed by atoms with E-state index in [1.54, 1.807) is 30.3 Å². The number of thiophene rings is 1. The minimum absolute atomic E-state index is 0.111. The summed E-state index contributed by atoms with van der Waals surface area (Å²) in [6.45, 7) is 0. The van der Waals surface area contributed by atoms with Crippen LogP contribution in [0.25, 0.3) is 10.1 Å². The van der Waals surface area contributed by atoms with Gasteiger partial charge in [-0.1, -0.05) is 0 Å². The summed E-state index contributed by atoms with van der Waals surface area (Å²) >= 11 is 1.14. The Hall–Kier alpha value is -2.58. The molecule has 2 aromatic carbocycles. The van der Waals surface area contributed by atoms with Crippen LogP contribution in [-0.4, -0.2) is 26.6 Å². The maximum atomic E-state index is 12.4. The van der Waals surface area contributed by atoms with Crippen LogP contribution < -0.4 is 9.46 Å². The molecule has 0 aliphatic heterocycles. The second-order valence-electron chi connectivity index (χ2n) is 4.95. The number of sulfonamides is 1. The van der Waals surface area contributed by atoms with Gasteiger partial charge in [-0.25, -0.2) is 13.2 Å². The molecule has 8 heteroatoms. The van der Waals surface area contributed by atoms with Crippen molar-refractivity contribution in [1.29, 1.82) is 0 Å². The molecule has 0 radical (unpaired) electrons. The number of hydrogen-bond acceptors (Lipinski definition) is 5. The first-order valence-corrected chi connectivity index (χ1v) is 9.13. The number of anilines is 1. The first-order chi connectivity index (χ1) is 11.4. The molecule has 1 heterocycles. The minimum atomic E-state index is -3.73. The van der Waals surface area contributed by atoms with E-state index in [1.807, 2.05) is 0 Å². The van der Waals surface area contributed by atoms with Gasteiger partial charge in [0, 0.05) is 10.4 Å². The third-order valence-corrected chi connectivity index (χ3v) is 5.85. The van der Waals surface area contributed by atoms with Gasteiger partial charge in [-0.15, -0.1) is 11.3 Å². The molecule has 3 aromatic rings. The Bertz CT molecular complexity index is 1010. The topological polar surface area (TPSA) is 92.7 Å². The van der Waals surface area contributed by atoms with Crippen LogP contribution in [0.15, 0.2) is 53.4 Å². The molecule has 6 nitrogen and oxygen atoms in total. The van der Waals surface area contributed by atoms with Gasteiger partial charge in [0.05, 0.1) is 12.0 Å². The third-order valence-electron chi connectivity index (χ3n) is 3.35. The molecule has 0 aliphatic rings. The van der Waals surface area contributed by atoms with E-state index >= 15 is 0 Å². The Balaban J connectivity index is 1.91. The molecule has 0 saturated heterocycles. The molecule has 0 spiro atoms. The van der Waals surface area contributed by atoms with Gasteiger partial charge >= 0.3 is 5.97 Å². The highest BCUT2D eigenvalue weighted by Crippen LogP contribution is 2.29. The van der Waals surface area contributed by atoms with E-state index in [1.165, 1.54) is 25.3 Å². The lowest BCUT2D eigenvalue weighted by molar-refractivity contribution is 0.0702. The molecule has 3 rings (SSSR count). The van der Waals surface area contributed by atoms with E-state index in [2.05, 4.69) is 4.72 Å². The van der Waals surface area contributed by atoms with E-state index in [0.29, 0.717) is 16.8 Å². The SMILES string of the molecule is COc1ccc(S(=O)(=O)Nc2ccc3sc(C(=O)O)cc3c2)cc1.